The Hall–Kier alpha value is -0.880. The Bertz CT molecular complexity index is 1040. The highest BCUT2D eigenvalue weighted by Crippen LogP contribution is 2.67. The lowest BCUT2D eigenvalue weighted by atomic mass is 9.95. The second-order valence-electron chi connectivity index (χ2n) is 6.28. The summed E-state index contributed by atoms with van der Waals surface area (Å²) in [5, 5.41) is 0. The van der Waals surface area contributed by atoms with Crippen molar-refractivity contribution in [3.05, 3.63) is 34.1 Å². The van der Waals surface area contributed by atoms with Crippen LogP contribution < -0.4 is 11.4 Å². The molecule has 0 radical (unpaired) electrons. The van der Waals surface area contributed by atoms with Gasteiger partial charge in [-0.1, -0.05) is 0 Å². The molecule has 30 heavy (non-hydrogen) atoms. The van der Waals surface area contributed by atoms with Crippen LogP contribution in [0.5, 0.6) is 0 Å². The van der Waals surface area contributed by atoms with Crippen LogP contribution in [0, 0.1) is 0 Å². The van der Waals surface area contributed by atoms with Crippen molar-refractivity contribution in [2.45, 2.75) is 31.6 Å². The van der Waals surface area contributed by atoms with Gasteiger partial charge < -0.3 is 30.0 Å². The van der Waals surface area contributed by atoms with E-state index < -0.39 is 40.8 Å². The SMILES string of the molecule is CC(=CP(=O)(O)OP(=O)(O)OP(=O)(O)O)C1(CCl)CCC(n2ccc(N)nc2=O)O1. The van der Waals surface area contributed by atoms with Crippen molar-refractivity contribution in [1.82, 2.24) is 9.55 Å². The molecule has 0 saturated carbocycles. The van der Waals surface area contributed by atoms with E-state index in [2.05, 4.69) is 13.6 Å². The molecule has 1 saturated heterocycles. The molecule has 0 bridgehead atoms. The molecule has 1 aliphatic heterocycles. The van der Waals surface area contributed by atoms with Crippen LogP contribution in [-0.2, 0) is 27.1 Å². The van der Waals surface area contributed by atoms with Gasteiger partial charge in [0, 0.05) is 12.0 Å². The minimum atomic E-state index is -5.59. The highest BCUT2D eigenvalue weighted by molar-refractivity contribution is 7.69. The molecule has 1 aromatic rings. The number of hydrogen-bond donors (Lipinski definition) is 5. The van der Waals surface area contributed by atoms with Crippen molar-refractivity contribution in [2.24, 2.45) is 0 Å². The highest BCUT2D eigenvalue weighted by Gasteiger charge is 2.44. The van der Waals surface area contributed by atoms with Crippen LogP contribution in [-0.4, -0.2) is 40.6 Å². The summed E-state index contributed by atoms with van der Waals surface area (Å²) in [5.41, 5.74) is 3.42. The quantitative estimate of drug-likeness (QED) is 0.247. The number of halogens is 1. The summed E-state index contributed by atoms with van der Waals surface area (Å²) in [6, 6.07) is 1.38. The molecule has 18 heteroatoms. The smallest absolute Gasteiger partial charge is 0.383 e. The minimum absolute atomic E-state index is 0.0123. The summed E-state index contributed by atoms with van der Waals surface area (Å²) in [7, 11) is -16.1. The van der Waals surface area contributed by atoms with Crippen LogP contribution in [0.3, 0.4) is 0 Å². The molecule has 4 unspecified atom stereocenters. The van der Waals surface area contributed by atoms with Gasteiger partial charge in [0.1, 0.15) is 17.6 Å². The van der Waals surface area contributed by atoms with E-state index in [0.717, 1.165) is 4.57 Å². The standard InChI is InChI=1S/C12H19ClN3O11P3/c1-8(6-28(18,19)26-30(23,24)27-29(20,21)22)12(7-13)4-2-10(25-12)16-5-3-9(14)15-11(16)17/h3,5-6,10H,2,4,7H2,1H3,(H,18,19)(H,23,24)(H2,14,15,17)(H2,20,21,22). The van der Waals surface area contributed by atoms with Gasteiger partial charge in [-0.2, -0.15) is 9.29 Å². The number of nitrogen functional groups attached to an aromatic ring is 1. The van der Waals surface area contributed by atoms with E-state index in [4.69, 9.17) is 31.9 Å². The number of phosphoric acid groups is 2. The molecular formula is C12H19ClN3O11P3. The molecule has 0 amide bonds. The number of nitrogens with zero attached hydrogens (tertiary/aromatic N) is 2. The van der Waals surface area contributed by atoms with E-state index in [1.54, 1.807) is 0 Å². The summed E-state index contributed by atoms with van der Waals surface area (Å²) in [6.07, 6.45) is 0.990. The highest BCUT2D eigenvalue weighted by atomic mass is 35.5. The Kier molecular flexibility index (Phi) is 7.56. The van der Waals surface area contributed by atoms with E-state index in [1.807, 2.05) is 0 Å². The first-order chi connectivity index (χ1) is 13.6. The molecule has 1 aliphatic rings. The predicted molar refractivity (Wildman–Crippen MR) is 103 cm³/mol. The van der Waals surface area contributed by atoms with Crippen molar-refractivity contribution in [3.8, 4) is 0 Å². The maximum absolute atomic E-state index is 12.2. The van der Waals surface area contributed by atoms with Crippen molar-refractivity contribution in [1.29, 1.82) is 0 Å². The third-order valence-corrected chi connectivity index (χ3v) is 8.62. The fourth-order valence-electron chi connectivity index (χ4n) is 2.75. The van der Waals surface area contributed by atoms with Crippen LogP contribution in [0.2, 0.25) is 0 Å². The number of alkyl halides is 1. The van der Waals surface area contributed by atoms with E-state index in [1.165, 1.54) is 19.2 Å². The zero-order valence-electron chi connectivity index (χ0n) is 15.3. The normalized spacial score (nSPS) is 26.9. The molecule has 1 fully saturated rings. The maximum atomic E-state index is 12.2. The van der Waals surface area contributed by atoms with Gasteiger partial charge in [0.2, 0.25) is 0 Å². The first-order valence-electron chi connectivity index (χ1n) is 8.00. The Morgan fingerprint density at radius 3 is 2.57 bits per heavy atom. The fourth-order valence-corrected chi connectivity index (χ4v) is 6.72. The number of nitrogens with two attached hydrogens (primary N) is 1. The van der Waals surface area contributed by atoms with Gasteiger partial charge in [0.05, 0.1) is 5.88 Å². The van der Waals surface area contributed by atoms with Crippen molar-refractivity contribution >= 4 is 40.7 Å². The minimum Gasteiger partial charge on any atom is -0.383 e. The van der Waals surface area contributed by atoms with Crippen LogP contribution in [0.4, 0.5) is 5.82 Å². The molecule has 0 spiro atoms. The number of ether oxygens (including phenoxy) is 1. The van der Waals surface area contributed by atoms with Gasteiger partial charge in [-0.3, -0.25) is 9.13 Å². The molecule has 2 rings (SSSR count). The van der Waals surface area contributed by atoms with Crippen molar-refractivity contribution in [2.75, 3.05) is 11.6 Å². The number of rotatable bonds is 8. The predicted octanol–water partition coefficient (Wildman–Crippen LogP) is 1.43. The Labute approximate surface area is 174 Å². The molecule has 170 valence electrons. The molecule has 14 nitrogen and oxygen atoms in total. The summed E-state index contributed by atoms with van der Waals surface area (Å²) in [5.74, 6) is 0.338. The topological polar surface area (TPSA) is 221 Å². The molecule has 0 aromatic carbocycles. The molecule has 1 aromatic heterocycles. The monoisotopic (exact) mass is 509 g/mol. The van der Waals surface area contributed by atoms with E-state index in [0.29, 0.717) is 5.82 Å². The van der Waals surface area contributed by atoms with Crippen molar-refractivity contribution in [3.63, 3.8) is 0 Å². The summed E-state index contributed by atoms with van der Waals surface area (Å²) < 4.78 is 48.9. The first kappa shape index (κ1) is 25.4. The first-order valence-corrected chi connectivity index (χ1v) is 13.2. The Balaban J connectivity index is 2.26. The van der Waals surface area contributed by atoms with E-state index in [9.17, 15) is 28.3 Å². The molecule has 0 aliphatic carbocycles. The summed E-state index contributed by atoms with van der Waals surface area (Å²) >= 11 is 5.99. The number of anilines is 1. The Morgan fingerprint density at radius 1 is 1.40 bits per heavy atom. The summed E-state index contributed by atoms with van der Waals surface area (Å²) in [6.45, 7) is 1.33. The van der Waals surface area contributed by atoms with Gasteiger partial charge in [-0.25, -0.2) is 18.2 Å². The van der Waals surface area contributed by atoms with Crippen LogP contribution in [0.25, 0.3) is 0 Å². The zero-order valence-corrected chi connectivity index (χ0v) is 18.7. The van der Waals surface area contributed by atoms with Gasteiger partial charge in [0.25, 0.3) is 0 Å². The molecular weight excluding hydrogens is 491 g/mol. The third-order valence-electron chi connectivity index (χ3n) is 4.04. The average Bonchev–Trinajstić information content (AvgIpc) is 2.96. The lowest BCUT2D eigenvalue weighted by molar-refractivity contribution is -0.0392. The lowest BCUT2D eigenvalue weighted by Crippen LogP contribution is -2.34. The van der Waals surface area contributed by atoms with Crippen LogP contribution >= 0.6 is 34.8 Å². The number of aromatic nitrogens is 2. The molecule has 6 N–H and O–H groups in total. The van der Waals surface area contributed by atoms with Gasteiger partial charge in [-0.15, -0.1) is 11.6 Å². The lowest BCUT2D eigenvalue weighted by Gasteiger charge is -2.29. The number of hydrogen-bond acceptors (Lipinski definition) is 9. The van der Waals surface area contributed by atoms with E-state index in [-0.39, 0.29) is 30.1 Å². The second kappa shape index (κ2) is 8.93. The summed E-state index contributed by atoms with van der Waals surface area (Å²) in [4.78, 5) is 51.9. The van der Waals surface area contributed by atoms with Gasteiger partial charge >= 0.3 is 28.9 Å². The van der Waals surface area contributed by atoms with Crippen molar-refractivity contribution < 1.29 is 46.6 Å². The van der Waals surface area contributed by atoms with Gasteiger partial charge in [-0.05, 0) is 31.4 Å². The zero-order chi connectivity index (χ0) is 23.0. The van der Waals surface area contributed by atoms with Crippen LogP contribution in [0.15, 0.2) is 28.4 Å². The van der Waals surface area contributed by atoms with Gasteiger partial charge in [0.15, 0.2) is 0 Å². The maximum Gasteiger partial charge on any atom is 0.488 e. The largest absolute Gasteiger partial charge is 0.488 e. The molecule has 2 heterocycles. The third kappa shape index (κ3) is 6.56. The molecule has 4 atom stereocenters. The van der Waals surface area contributed by atoms with Crippen LogP contribution in [0.1, 0.15) is 26.0 Å². The fraction of sp³-hybridized carbons (Fsp3) is 0.500. The second-order valence-corrected chi connectivity index (χ2v) is 11.2. The Morgan fingerprint density at radius 2 is 2.03 bits per heavy atom. The van der Waals surface area contributed by atoms with E-state index >= 15 is 0 Å². The average molecular weight is 510 g/mol.